The molecule has 224 valence electrons. The Kier molecular flexibility index (Phi) is 10.7. The normalized spacial score (nSPS) is 15.0. The summed E-state index contributed by atoms with van der Waals surface area (Å²) in [6.07, 6.45) is 3.36. The van der Waals surface area contributed by atoms with Crippen molar-refractivity contribution in [2.45, 2.75) is 80.1 Å². The second-order valence-electron chi connectivity index (χ2n) is 14.2. The molecule has 0 N–H and O–H groups in total. The van der Waals surface area contributed by atoms with E-state index >= 15 is 0 Å². The van der Waals surface area contributed by atoms with Crippen molar-refractivity contribution in [2.75, 3.05) is 0 Å². The van der Waals surface area contributed by atoms with Gasteiger partial charge in [-0.2, -0.15) is 11.1 Å². The van der Waals surface area contributed by atoms with Gasteiger partial charge in [0.2, 0.25) is 0 Å². The summed E-state index contributed by atoms with van der Waals surface area (Å²) in [7, 11) is 0. The van der Waals surface area contributed by atoms with Crippen LogP contribution in [0.25, 0.3) is 21.5 Å². The van der Waals surface area contributed by atoms with E-state index in [1.54, 1.807) is 0 Å². The van der Waals surface area contributed by atoms with Gasteiger partial charge in [-0.25, -0.2) is 5.57 Å². The number of rotatable bonds is 2. The Morgan fingerprint density at radius 1 is 0.636 bits per heavy atom. The van der Waals surface area contributed by atoms with Gasteiger partial charge in [-0.1, -0.05) is 104 Å². The first-order valence-corrected chi connectivity index (χ1v) is 17.0. The zero-order valence-corrected chi connectivity index (χ0v) is 30.9. The predicted molar refractivity (Wildman–Crippen MR) is 191 cm³/mol. The van der Waals surface area contributed by atoms with Crippen molar-refractivity contribution in [3.8, 4) is 0 Å². The molecule has 1 aliphatic carbocycles. The minimum absolute atomic E-state index is 0.203. The quantitative estimate of drug-likeness (QED) is 0.166. The van der Waals surface area contributed by atoms with Crippen molar-refractivity contribution >= 4 is 24.8 Å². The molecule has 0 aliphatic heterocycles. The first-order valence-electron chi connectivity index (χ1n) is 15.8. The van der Waals surface area contributed by atoms with Gasteiger partial charge in [-0.3, -0.25) is 6.08 Å². The molecule has 0 amide bonds. The summed E-state index contributed by atoms with van der Waals surface area (Å²) in [5.74, 6) is 0.560. The monoisotopic (exact) mass is 654 g/mol. The molecule has 6 rings (SSSR count). The van der Waals surface area contributed by atoms with E-state index in [1.165, 1.54) is 88.0 Å². The molecule has 1 unspecified atom stereocenters. The van der Waals surface area contributed by atoms with Crippen LogP contribution in [0.15, 0.2) is 120 Å². The van der Waals surface area contributed by atoms with Crippen molar-refractivity contribution < 1.29 is 24.2 Å². The minimum atomic E-state index is 0.203. The fourth-order valence-electron chi connectivity index (χ4n) is 5.49. The molecule has 0 saturated heterocycles. The molecule has 0 spiro atoms. The standard InChI is InChI=1S/C21H25.C13H10.C9H13.Zr/c1-20(2,3)16-7-9-18-14(12-16)11-15-13-17(21(4,5)6)8-10-19(15)18;1-3-7-12(8-4-1)11-13-9-5-2-6-10-13;1-6-5-7(2)9(4)8(6)3;/h7-13H,1-6H3;1-10H;6H,1-4H3;/q-1;;-1;+2. The topological polar surface area (TPSA) is 0 Å². The van der Waals surface area contributed by atoms with Crippen LogP contribution >= 0.6 is 0 Å². The van der Waals surface area contributed by atoms with Crippen LogP contribution in [0.1, 0.15) is 91.5 Å². The zero-order chi connectivity index (χ0) is 32.2. The Morgan fingerprint density at radius 2 is 1.05 bits per heavy atom. The van der Waals surface area contributed by atoms with Gasteiger partial charge in [0.15, 0.2) is 0 Å². The Labute approximate surface area is 281 Å². The Balaban J connectivity index is 0.000000165. The van der Waals surface area contributed by atoms with Crippen LogP contribution in [-0.2, 0) is 35.1 Å². The van der Waals surface area contributed by atoms with E-state index in [-0.39, 0.29) is 10.8 Å². The molecule has 0 fully saturated rings. The van der Waals surface area contributed by atoms with E-state index in [9.17, 15) is 0 Å². The van der Waals surface area contributed by atoms with Crippen LogP contribution in [0, 0.1) is 12.0 Å². The summed E-state index contributed by atoms with van der Waals surface area (Å²) >= 11 is 1.46. The molecule has 0 nitrogen and oxygen atoms in total. The summed E-state index contributed by atoms with van der Waals surface area (Å²) < 4.78 is 1.42. The second-order valence-corrected chi connectivity index (χ2v) is 15.4. The van der Waals surface area contributed by atoms with Crippen molar-refractivity contribution in [3.63, 3.8) is 0 Å². The molecule has 5 aromatic carbocycles. The number of hydrogen-bond donors (Lipinski definition) is 0. The summed E-state index contributed by atoms with van der Waals surface area (Å²) in [6, 6.07) is 37.3. The van der Waals surface area contributed by atoms with E-state index in [4.69, 9.17) is 0 Å². The van der Waals surface area contributed by atoms with Crippen molar-refractivity contribution in [3.05, 3.63) is 148 Å². The molecule has 1 heteroatoms. The molecule has 1 aliphatic rings. The molecular formula is C43H48Zr. The van der Waals surface area contributed by atoms with E-state index in [1.807, 2.05) is 0 Å². The number of allylic oxidation sites excluding steroid dienone is 4. The number of benzene rings is 4. The van der Waals surface area contributed by atoms with Gasteiger partial charge in [-0.05, 0) is 10.8 Å². The molecule has 44 heavy (non-hydrogen) atoms. The molecule has 0 bridgehead atoms. The third-order valence-corrected chi connectivity index (χ3v) is 10.2. The van der Waals surface area contributed by atoms with Gasteiger partial charge in [0, 0.05) is 0 Å². The number of fused-ring (bicyclic) bond motifs is 3. The van der Waals surface area contributed by atoms with E-state index < -0.39 is 0 Å². The Morgan fingerprint density at radius 3 is 1.34 bits per heavy atom. The number of hydrogen-bond acceptors (Lipinski definition) is 0. The average molecular weight is 656 g/mol. The van der Waals surface area contributed by atoms with Crippen LogP contribution in [-0.4, -0.2) is 3.21 Å². The predicted octanol–water partition coefficient (Wildman–Crippen LogP) is 11.8. The van der Waals surface area contributed by atoms with Crippen LogP contribution in [0.3, 0.4) is 0 Å². The van der Waals surface area contributed by atoms with Gasteiger partial charge >= 0.3 is 99.2 Å². The van der Waals surface area contributed by atoms with Gasteiger partial charge < -0.3 is 0 Å². The van der Waals surface area contributed by atoms with Crippen LogP contribution in [0.2, 0.25) is 0 Å². The molecule has 0 aromatic heterocycles. The van der Waals surface area contributed by atoms with Crippen molar-refractivity contribution in [1.82, 2.24) is 0 Å². The zero-order valence-electron chi connectivity index (χ0n) is 28.4. The molecule has 0 heterocycles. The first-order chi connectivity index (χ1) is 20.7. The molecular weight excluding hydrogens is 608 g/mol. The van der Waals surface area contributed by atoms with Gasteiger partial charge in [0.05, 0.1) is 0 Å². The van der Waals surface area contributed by atoms with Gasteiger partial charge in [0.25, 0.3) is 0 Å². The fourth-order valence-corrected chi connectivity index (χ4v) is 6.31. The van der Waals surface area contributed by atoms with Crippen molar-refractivity contribution in [1.29, 1.82) is 0 Å². The van der Waals surface area contributed by atoms with E-state index in [0.29, 0.717) is 5.92 Å². The van der Waals surface area contributed by atoms with Crippen LogP contribution in [0.5, 0.6) is 0 Å². The Bertz CT molecular complexity index is 1690. The summed E-state index contributed by atoms with van der Waals surface area (Å²) in [4.78, 5) is 0. The summed E-state index contributed by atoms with van der Waals surface area (Å²) in [5.41, 5.74) is 10.1. The second kappa shape index (κ2) is 14.0. The van der Waals surface area contributed by atoms with Crippen molar-refractivity contribution in [2.24, 2.45) is 5.92 Å². The van der Waals surface area contributed by atoms with Crippen LogP contribution in [0.4, 0.5) is 0 Å². The average Bonchev–Trinajstić information content (AvgIpc) is 3.48. The molecule has 0 radical (unpaired) electrons. The van der Waals surface area contributed by atoms with E-state index in [0.717, 1.165) is 0 Å². The van der Waals surface area contributed by atoms with Crippen LogP contribution < -0.4 is 0 Å². The summed E-state index contributed by atoms with van der Waals surface area (Å²) in [5, 5.41) is 5.48. The maximum absolute atomic E-state index is 3.36. The Hall–Kier alpha value is -3.02. The molecule has 0 saturated carbocycles. The third-order valence-electron chi connectivity index (χ3n) is 8.80. The molecule has 5 aromatic rings. The van der Waals surface area contributed by atoms with Gasteiger partial charge in [-0.15, -0.1) is 46.7 Å². The maximum atomic E-state index is 3.36. The fraction of sp³-hybridized carbons (Fsp3) is 0.302. The summed E-state index contributed by atoms with van der Waals surface area (Å²) in [6.45, 7) is 22.3. The van der Waals surface area contributed by atoms with E-state index in [2.05, 4.69) is 178 Å². The first kappa shape index (κ1) is 33.9. The third kappa shape index (κ3) is 8.17. The molecule has 1 atom stereocenters. The SMILES string of the molecule is CC(C)(C)c1ccc2c(c1)[cH-]c1cc(C(C)(C)C)ccc12.CC1=[C-]C(C)C(C)=C1C.[Zr+2]=[C](c1ccccc1)c1ccccc1. The van der Waals surface area contributed by atoms with Gasteiger partial charge in [0.1, 0.15) is 0 Å².